The van der Waals surface area contributed by atoms with E-state index in [2.05, 4.69) is 34.2 Å². The van der Waals surface area contributed by atoms with Gasteiger partial charge in [-0.25, -0.2) is 9.97 Å². The number of rotatable bonds is 2. The number of hydrogen-bond donors (Lipinski definition) is 1. The molecule has 1 aliphatic rings. The first-order valence-corrected chi connectivity index (χ1v) is 6.43. The van der Waals surface area contributed by atoms with Crippen molar-refractivity contribution in [2.45, 2.75) is 31.8 Å². The first-order valence-electron chi connectivity index (χ1n) is 6.06. The molecule has 2 rings (SSSR count). The fourth-order valence-corrected chi connectivity index (χ4v) is 2.29. The van der Waals surface area contributed by atoms with Crippen LogP contribution in [0.5, 0.6) is 0 Å². The van der Waals surface area contributed by atoms with Gasteiger partial charge in [0, 0.05) is 24.8 Å². The van der Waals surface area contributed by atoms with Crippen molar-refractivity contribution in [3.63, 3.8) is 0 Å². The molecule has 0 aromatic carbocycles. The lowest BCUT2D eigenvalue weighted by atomic mass is 9.99. The number of nitrogens with one attached hydrogen (secondary N) is 1. The summed E-state index contributed by atoms with van der Waals surface area (Å²) in [5.74, 6) is -0.180. The predicted octanol–water partition coefficient (Wildman–Crippen LogP) is 1.34. The maximum absolute atomic E-state index is 12.0. The molecule has 1 amide bonds. The highest BCUT2D eigenvalue weighted by Crippen LogP contribution is 2.15. The number of amides is 1. The highest BCUT2D eigenvalue weighted by Gasteiger charge is 2.24. The van der Waals surface area contributed by atoms with Crippen LogP contribution in [0.1, 0.15) is 30.3 Å². The molecule has 6 heteroatoms. The standard InChI is InChI=1S/C12H17ClN4O/c1-8-7-9(4-6-17(8)2)15-11(18)10-3-5-14-12(13)16-10/h3,5,8-9H,4,6-7H2,1-2H3,(H,15,18)/t8-,9+/m0/s1. The van der Waals surface area contributed by atoms with Crippen LogP contribution in [0.15, 0.2) is 12.3 Å². The van der Waals surface area contributed by atoms with Gasteiger partial charge in [-0.1, -0.05) is 0 Å². The third-order valence-corrected chi connectivity index (χ3v) is 3.58. The minimum Gasteiger partial charge on any atom is -0.348 e. The second kappa shape index (κ2) is 5.63. The zero-order chi connectivity index (χ0) is 13.1. The SMILES string of the molecule is C[C@H]1C[C@H](NC(=O)c2ccnc(Cl)n2)CCN1C. The summed E-state index contributed by atoms with van der Waals surface area (Å²) in [6.45, 7) is 3.16. The predicted molar refractivity (Wildman–Crippen MR) is 69.6 cm³/mol. The number of carbonyl (C=O) groups is 1. The van der Waals surface area contributed by atoms with Gasteiger partial charge in [-0.05, 0) is 44.5 Å². The molecule has 0 bridgehead atoms. The highest BCUT2D eigenvalue weighted by atomic mass is 35.5. The third-order valence-electron chi connectivity index (χ3n) is 3.40. The molecule has 0 unspecified atom stereocenters. The molecule has 0 aliphatic carbocycles. The van der Waals surface area contributed by atoms with Gasteiger partial charge in [-0.2, -0.15) is 0 Å². The van der Waals surface area contributed by atoms with E-state index in [-0.39, 0.29) is 17.2 Å². The van der Waals surface area contributed by atoms with Crippen LogP contribution in [0.25, 0.3) is 0 Å². The van der Waals surface area contributed by atoms with Gasteiger partial charge >= 0.3 is 0 Å². The minimum absolute atomic E-state index is 0.0967. The number of nitrogens with zero attached hydrogens (tertiary/aromatic N) is 3. The Kier molecular flexibility index (Phi) is 4.14. The third kappa shape index (κ3) is 3.17. The topological polar surface area (TPSA) is 58.1 Å². The first-order chi connectivity index (χ1) is 8.56. The summed E-state index contributed by atoms with van der Waals surface area (Å²) in [6, 6.07) is 2.26. The molecule has 0 spiro atoms. The number of hydrogen-bond acceptors (Lipinski definition) is 4. The maximum atomic E-state index is 12.0. The van der Waals surface area contributed by atoms with Crippen molar-refractivity contribution in [3.05, 3.63) is 23.2 Å². The van der Waals surface area contributed by atoms with Crippen molar-refractivity contribution in [3.8, 4) is 0 Å². The van der Waals surface area contributed by atoms with E-state index in [1.807, 2.05) is 0 Å². The van der Waals surface area contributed by atoms with Gasteiger partial charge in [0.1, 0.15) is 5.69 Å². The van der Waals surface area contributed by atoms with Crippen LogP contribution in [0.4, 0.5) is 0 Å². The van der Waals surface area contributed by atoms with E-state index in [1.54, 1.807) is 6.07 Å². The number of likely N-dealkylation sites (tertiary alicyclic amines) is 1. The molecule has 2 atom stereocenters. The zero-order valence-electron chi connectivity index (χ0n) is 10.6. The van der Waals surface area contributed by atoms with E-state index in [0.717, 1.165) is 19.4 Å². The fourth-order valence-electron chi connectivity index (χ4n) is 2.14. The molecule has 0 radical (unpaired) electrons. The Hall–Kier alpha value is -1.20. The first kappa shape index (κ1) is 13.2. The lowest BCUT2D eigenvalue weighted by molar-refractivity contribution is 0.0891. The molecule has 98 valence electrons. The summed E-state index contributed by atoms with van der Waals surface area (Å²) < 4.78 is 0. The summed E-state index contributed by atoms with van der Waals surface area (Å²) in [5, 5.41) is 3.10. The average molecular weight is 269 g/mol. The largest absolute Gasteiger partial charge is 0.348 e. The molecule has 1 saturated heterocycles. The maximum Gasteiger partial charge on any atom is 0.270 e. The summed E-state index contributed by atoms with van der Waals surface area (Å²) >= 11 is 5.67. The molecular formula is C12H17ClN4O. The molecule has 5 nitrogen and oxygen atoms in total. The van der Waals surface area contributed by atoms with Gasteiger partial charge in [0.05, 0.1) is 0 Å². The monoisotopic (exact) mass is 268 g/mol. The van der Waals surface area contributed by atoms with Crippen LogP contribution >= 0.6 is 11.6 Å². The van der Waals surface area contributed by atoms with Crippen molar-refractivity contribution in [2.24, 2.45) is 0 Å². The molecule has 1 N–H and O–H groups in total. The van der Waals surface area contributed by atoms with Gasteiger partial charge in [0.2, 0.25) is 5.28 Å². The summed E-state index contributed by atoms with van der Waals surface area (Å²) in [5.41, 5.74) is 0.321. The number of aromatic nitrogens is 2. The van der Waals surface area contributed by atoms with Crippen LogP contribution in [-0.4, -0.2) is 46.5 Å². The molecule has 1 aromatic rings. The molecule has 18 heavy (non-hydrogen) atoms. The van der Waals surface area contributed by atoms with Crippen molar-refractivity contribution >= 4 is 17.5 Å². The Morgan fingerprint density at radius 2 is 2.39 bits per heavy atom. The Bertz CT molecular complexity index is 440. The van der Waals surface area contributed by atoms with Crippen LogP contribution in [0.3, 0.4) is 0 Å². The molecule has 0 saturated carbocycles. The molecule has 1 aromatic heterocycles. The van der Waals surface area contributed by atoms with Crippen LogP contribution in [0.2, 0.25) is 5.28 Å². The van der Waals surface area contributed by atoms with E-state index < -0.39 is 0 Å². The molecule has 1 fully saturated rings. The van der Waals surface area contributed by atoms with Gasteiger partial charge < -0.3 is 10.2 Å². The highest BCUT2D eigenvalue weighted by molar-refractivity contribution is 6.28. The Morgan fingerprint density at radius 3 is 3.06 bits per heavy atom. The molecule has 2 heterocycles. The number of piperidine rings is 1. The van der Waals surface area contributed by atoms with Gasteiger partial charge in [0.25, 0.3) is 5.91 Å². The smallest absolute Gasteiger partial charge is 0.270 e. The Balaban J connectivity index is 1.96. The lowest BCUT2D eigenvalue weighted by Gasteiger charge is -2.35. The second-order valence-corrected chi connectivity index (χ2v) is 5.07. The van der Waals surface area contributed by atoms with Crippen molar-refractivity contribution in [2.75, 3.05) is 13.6 Å². The summed E-state index contributed by atoms with van der Waals surface area (Å²) in [4.78, 5) is 21.9. The molecular weight excluding hydrogens is 252 g/mol. The number of halogens is 1. The minimum atomic E-state index is -0.180. The lowest BCUT2D eigenvalue weighted by Crippen LogP contribution is -2.47. The van der Waals surface area contributed by atoms with Gasteiger partial charge in [-0.15, -0.1) is 0 Å². The van der Waals surface area contributed by atoms with Crippen molar-refractivity contribution in [1.82, 2.24) is 20.2 Å². The van der Waals surface area contributed by atoms with E-state index in [4.69, 9.17) is 11.6 Å². The Labute approximate surface area is 112 Å². The van der Waals surface area contributed by atoms with Crippen LogP contribution in [-0.2, 0) is 0 Å². The van der Waals surface area contributed by atoms with E-state index in [0.29, 0.717) is 11.7 Å². The quantitative estimate of drug-likeness (QED) is 0.823. The average Bonchev–Trinajstić information content (AvgIpc) is 2.34. The zero-order valence-corrected chi connectivity index (χ0v) is 11.3. The fraction of sp³-hybridized carbons (Fsp3) is 0.583. The normalized spacial score (nSPS) is 24.8. The van der Waals surface area contributed by atoms with Crippen LogP contribution < -0.4 is 5.32 Å². The number of carbonyl (C=O) groups excluding carboxylic acids is 1. The van der Waals surface area contributed by atoms with Crippen LogP contribution in [0, 0.1) is 0 Å². The van der Waals surface area contributed by atoms with E-state index >= 15 is 0 Å². The summed E-state index contributed by atoms with van der Waals surface area (Å²) in [7, 11) is 2.10. The van der Waals surface area contributed by atoms with Crippen molar-refractivity contribution < 1.29 is 4.79 Å². The molecule has 1 aliphatic heterocycles. The van der Waals surface area contributed by atoms with E-state index in [9.17, 15) is 4.79 Å². The second-order valence-electron chi connectivity index (χ2n) is 4.74. The van der Waals surface area contributed by atoms with Crippen molar-refractivity contribution in [1.29, 1.82) is 0 Å². The Morgan fingerprint density at radius 1 is 1.61 bits per heavy atom. The van der Waals surface area contributed by atoms with E-state index in [1.165, 1.54) is 6.20 Å². The van der Waals surface area contributed by atoms with Gasteiger partial charge in [0.15, 0.2) is 0 Å². The van der Waals surface area contributed by atoms with Gasteiger partial charge in [-0.3, -0.25) is 4.79 Å². The summed E-state index contributed by atoms with van der Waals surface area (Å²) in [6.07, 6.45) is 3.41.